The number of nitrogens with zero attached hydrogens (tertiary/aromatic N) is 2. The van der Waals surface area contributed by atoms with Crippen LogP contribution < -0.4 is 21.4 Å². The number of thioether (sulfide) groups is 1. The minimum Gasteiger partial charge on any atom is -0.477 e. The smallest absolute Gasteiger partial charge is 0.341 e. The second-order valence-corrected chi connectivity index (χ2v) is 9.92. The number of fused-ring (bicyclic) bond motifs is 1. The molecule has 4 N–H and O–H groups in total. The maximum absolute atomic E-state index is 15.2. The number of rotatable bonds is 8. The predicted octanol–water partition coefficient (Wildman–Crippen LogP) is 3.02. The molecule has 12 heteroatoms. The maximum Gasteiger partial charge on any atom is 0.341 e. The summed E-state index contributed by atoms with van der Waals surface area (Å²) in [5, 5.41) is 12.4. The minimum atomic E-state index is -1.36. The van der Waals surface area contributed by atoms with Crippen molar-refractivity contribution < 1.29 is 19.1 Å². The Labute approximate surface area is 211 Å². The van der Waals surface area contributed by atoms with E-state index in [1.165, 1.54) is 6.20 Å². The van der Waals surface area contributed by atoms with E-state index in [0.29, 0.717) is 31.4 Å². The van der Waals surface area contributed by atoms with E-state index < -0.39 is 28.8 Å². The van der Waals surface area contributed by atoms with Gasteiger partial charge in [0.15, 0.2) is 0 Å². The molecule has 34 heavy (non-hydrogen) atoms. The first-order chi connectivity index (χ1) is 15.7. The van der Waals surface area contributed by atoms with E-state index in [1.54, 1.807) is 21.2 Å². The molecule has 1 aliphatic carbocycles. The van der Waals surface area contributed by atoms with Crippen molar-refractivity contribution in [3.63, 3.8) is 0 Å². The van der Waals surface area contributed by atoms with Gasteiger partial charge in [-0.2, -0.15) is 11.8 Å². The molecular formula is C22H27Cl2FN4O4S. The molecule has 0 radical (unpaired) electrons. The van der Waals surface area contributed by atoms with Crippen molar-refractivity contribution in [1.82, 2.24) is 9.88 Å². The number of carboxylic acid groups (broad SMARTS) is 1. The second kappa shape index (κ2) is 10.7. The van der Waals surface area contributed by atoms with Gasteiger partial charge in [0.2, 0.25) is 11.3 Å². The SMILES string of the molecule is CSCCC(N)C(=O)NC1CCN(c2c(F)cc3c(=O)c(C(=O)O)cn(C4CC4)c3c2Cl)C1.Cl. The van der Waals surface area contributed by atoms with E-state index in [9.17, 15) is 19.5 Å². The number of halogens is 3. The zero-order valence-electron chi connectivity index (χ0n) is 18.6. The Bertz CT molecular complexity index is 1170. The van der Waals surface area contributed by atoms with Crippen LogP contribution in [0, 0.1) is 5.82 Å². The van der Waals surface area contributed by atoms with E-state index in [1.807, 2.05) is 6.26 Å². The van der Waals surface area contributed by atoms with E-state index in [2.05, 4.69) is 5.32 Å². The number of carbonyl (C=O) groups is 2. The zero-order valence-corrected chi connectivity index (χ0v) is 20.9. The van der Waals surface area contributed by atoms with Crippen molar-refractivity contribution in [2.75, 3.05) is 30.0 Å². The zero-order chi connectivity index (χ0) is 23.9. The normalized spacial score (nSPS) is 18.6. The first-order valence-corrected chi connectivity index (χ1v) is 12.6. The molecule has 0 bridgehead atoms. The Morgan fingerprint density at radius 1 is 1.38 bits per heavy atom. The van der Waals surface area contributed by atoms with Gasteiger partial charge in [-0.05, 0) is 43.8 Å². The molecule has 2 aliphatic rings. The van der Waals surface area contributed by atoms with E-state index in [-0.39, 0.29) is 46.5 Å². The molecule has 8 nitrogen and oxygen atoms in total. The largest absolute Gasteiger partial charge is 0.477 e. The molecule has 1 amide bonds. The highest BCUT2D eigenvalue weighted by Gasteiger charge is 2.33. The molecule has 1 saturated carbocycles. The third-order valence-corrected chi connectivity index (χ3v) is 7.18. The van der Waals surface area contributed by atoms with Gasteiger partial charge in [0, 0.05) is 31.4 Å². The third-order valence-electron chi connectivity index (χ3n) is 6.18. The Morgan fingerprint density at radius 3 is 2.71 bits per heavy atom. The van der Waals surface area contributed by atoms with Crippen molar-refractivity contribution in [1.29, 1.82) is 0 Å². The number of aromatic carboxylic acids is 1. The maximum atomic E-state index is 15.2. The monoisotopic (exact) mass is 532 g/mol. The molecule has 2 fully saturated rings. The van der Waals surface area contributed by atoms with Crippen LogP contribution in [0.4, 0.5) is 10.1 Å². The predicted molar refractivity (Wildman–Crippen MR) is 135 cm³/mol. The third kappa shape index (κ3) is 5.15. The lowest BCUT2D eigenvalue weighted by Gasteiger charge is -2.24. The molecule has 186 valence electrons. The van der Waals surface area contributed by atoms with Gasteiger partial charge >= 0.3 is 5.97 Å². The Morgan fingerprint density at radius 2 is 2.09 bits per heavy atom. The lowest BCUT2D eigenvalue weighted by molar-refractivity contribution is -0.122. The molecular weight excluding hydrogens is 506 g/mol. The number of nitrogens with one attached hydrogen (secondary N) is 1. The first kappa shape index (κ1) is 26.6. The van der Waals surface area contributed by atoms with Gasteiger partial charge < -0.3 is 25.6 Å². The summed E-state index contributed by atoms with van der Waals surface area (Å²) >= 11 is 8.29. The molecule has 1 saturated heterocycles. The van der Waals surface area contributed by atoms with Crippen LogP contribution in [0.1, 0.15) is 42.1 Å². The average Bonchev–Trinajstić information content (AvgIpc) is 3.52. The quantitative estimate of drug-likeness (QED) is 0.478. The number of pyridine rings is 1. The number of anilines is 1. The molecule has 1 aromatic carbocycles. The molecule has 4 rings (SSSR count). The van der Waals surface area contributed by atoms with Crippen molar-refractivity contribution in [2.24, 2.45) is 5.73 Å². The minimum absolute atomic E-state index is 0. The van der Waals surface area contributed by atoms with Crippen molar-refractivity contribution in [3.05, 3.63) is 38.9 Å². The fourth-order valence-electron chi connectivity index (χ4n) is 4.28. The summed E-state index contributed by atoms with van der Waals surface area (Å²) in [6, 6.07) is 0.303. The van der Waals surface area contributed by atoms with Gasteiger partial charge in [0.1, 0.15) is 11.4 Å². The van der Waals surface area contributed by atoms with Crippen LogP contribution in [0.15, 0.2) is 17.1 Å². The fourth-order valence-corrected chi connectivity index (χ4v) is 5.18. The molecule has 1 aromatic heterocycles. The summed E-state index contributed by atoms with van der Waals surface area (Å²) in [7, 11) is 0. The van der Waals surface area contributed by atoms with Gasteiger partial charge in [0.25, 0.3) is 0 Å². The average molecular weight is 533 g/mol. The summed E-state index contributed by atoms with van der Waals surface area (Å²) in [5.74, 6) is -1.50. The fraction of sp³-hybridized carbons (Fsp3) is 0.500. The van der Waals surface area contributed by atoms with Crippen LogP contribution in [0.5, 0.6) is 0 Å². The highest BCUT2D eigenvalue weighted by atomic mass is 35.5. The van der Waals surface area contributed by atoms with Crippen LogP contribution >= 0.6 is 35.8 Å². The van der Waals surface area contributed by atoms with Gasteiger partial charge in [-0.3, -0.25) is 9.59 Å². The number of carbonyl (C=O) groups excluding carboxylic acids is 1. The number of benzene rings is 1. The Kier molecular flexibility index (Phi) is 8.38. The van der Waals surface area contributed by atoms with E-state index >= 15 is 4.39 Å². The summed E-state index contributed by atoms with van der Waals surface area (Å²) in [4.78, 5) is 38.4. The lowest BCUT2D eigenvalue weighted by Crippen LogP contribution is -2.46. The highest BCUT2D eigenvalue weighted by Crippen LogP contribution is 2.42. The number of carboxylic acids is 1. The molecule has 2 unspecified atom stereocenters. The van der Waals surface area contributed by atoms with Crippen LogP contribution in [-0.4, -0.2) is 58.7 Å². The standard InChI is InChI=1S/C22H26ClFN4O4S.ClH/c1-33-7-5-16(25)21(30)26-11-4-6-27(9-11)19-15(24)8-13-18(17(19)23)28(12-2-3-12)10-14(20(13)29)22(31)32;/h8,10-12,16H,2-7,9,25H2,1H3,(H,26,30)(H,31,32);1H. The number of aromatic nitrogens is 1. The van der Waals surface area contributed by atoms with Crippen LogP contribution in [0.3, 0.4) is 0 Å². The van der Waals surface area contributed by atoms with Crippen LogP contribution in [-0.2, 0) is 4.79 Å². The van der Waals surface area contributed by atoms with Crippen molar-refractivity contribution in [3.8, 4) is 0 Å². The summed E-state index contributed by atoms with van der Waals surface area (Å²) in [6.45, 7) is 0.817. The number of hydrogen-bond donors (Lipinski definition) is 3. The van der Waals surface area contributed by atoms with Crippen molar-refractivity contribution >= 4 is 64.2 Å². The van der Waals surface area contributed by atoms with Gasteiger partial charge in [-0.15, -0.1) is 12.4 Å². The highest BCUT2D eigenvalue weighted by molar-refractivity contribution is 7.98. The topological polar surface area (TPSA) is 118 Å². The van der Waals surface area contributed by atoms with Crippen molar-refractivity contribution in [2.45, 2.75) is 43.8 Å². The number of amides is 1. The summed E-state index contributed by atoms with van der Waals surface area (Å²) in [5.41, 5.74) is 5.28. The number of nitrogens with two attached hydrogens (primary N) is 1. The Hall–Kier alpha value is -2.01. The summed E-state index contributed by atoms with van der Waals surface area (Å²) in [6.07, 6.45) is 6.09. The molecule has 2 atom stereocenters. The van der Waals surface area contributed by atoms with Gasteiger partial charge in [-0.1, -0.05) is 11.6 Å². The summed E-state index contributed by atoms with van der Waals surface area (Å²) < 4.78 is 16.9. The van der Waals surface area contributed by atoms with Crippen LogP contribution in [0.2, 0.25) is 5.02 Å². The Balaban J connectivity index is 0.00000324. The second-order valence-electron chi connectivity index (χ2n) is 8.56. The molecule has 2 aromatic rings. The molecule has 1 aliphatic heterocycles. The van der Waals surface area contributed by atoms with Crippen LogP contribution in [0.25, 0.3) is 10.9 Å². The lowest BCUT2D eigenvalue weighted by atomic mass is 10.1. The van der Waals surface area contributed by atoms with Gasteiger partial charge in [0.05, 0.1) is 27.7 Å². The number of hydrogen-bond acceptors (Lipinski definition) is 6. The molecule has 2 heterocycles. The first-order valence-electron chi connectivity index (χ1n) is 10.8. The van der Waals surface area contributed by atoms with E-state index in [0.717, 1.165) is 24.7 Å². The van der Waals surface area contributed by atoms with Gasteiger partial charge in [-0.25, -0.2) is 9.18 Å². The molecule has 0 spiro atoms. The van der Waals surface area contributed by atoms with E-state index in [4.69, 9.17) is 17.3 Å².